The van der Waals surface area contributed by atoms with Crippen LogP contribution >= 0.6 is 0 Å². The highest BCUT2D eigenvalue weighted by Gasteiger charge is 2.40. The number of hydrogen-bond acceptors (Lipinski definition) is 4. The average molecular weight is 324 g/mol. The Morgan fingerprint density at radius 3 is 2.41 bits per heavy atom. The first-order valence-corrected chi connectivity index (χ1v) is 6.76. The zero-order valence-electron chi connectivity index (χ0n) is 12.6. The van der Waals surface area contributed by atoms with Crippen molar-refractivity contribution in [1.29, 1.82) is 0 Å². The highest BCUT2D eigenvalue weighted by Crippen LogP contribution is 2.18. The molecule has 0 spiro atoms. The van der Waals surface area contributed by atoms with Gasteiger partial charge in [-0.25, -0.2) is 4.79 Å². The van der Waals surface area contributed by atoms with E-state index in [4.69, 9.17) is 4.74 Å². The van der Waals surface area contributed by atoms with Crippen LogP contribution in [-0.2, 0) is 14.3 Å². The second-order valence-corrected chi connectivity index (χ2v) is 6.05. The van der Waals surface area contributed by atoms with E-state index >= 15 is 0 Å². The number of alkyl halides is 3. The fourth-order valence-corrected chi connectivity index (χ4v) is 1.90. The molecule has 2 amide bonds. The van der Waals surface area contributed by atoms with Crippen molar-refractivity contribution in [3.8, 4) is 0 Å². The normalized spacial score (nSPS) is 19.8. The van der Waals surface area contributed by atoms with Crippen molar-refractivity contribution >= 4 is 17.8 Å². The molecule has 9 heteroatoms. The highest BCUT2D eigenvalue weighted by atomic mass is 19.4. The van der Waals surface area contributed by atoms with Gasteiger partial charge in [-0.05, 0) is 20.8 Å². The van der Waals surface area contributed by atoms with Crippen molar-refractivity contribution in [2.75, 3.05) is 19.6 Å². The molecule has 6 nitrogen and oxygen atoms in total. The molecule has 1 unspecified atom stereocenters. The number of rotatable bonds is 2. The molecule has 1 aliphatic rings. The lowest BCUT2D eigenvalue weighted by Gasteiger charge is -2.33. The summed E-state index contributed by atoms with van der Waals surface area (Å²) in [5.74, 6) is -3.26. The fourth-order valence-electron chi connectivity index (χ4n) is 1.90. The van der Waals surface area contributed by atoms with E-state index in [1.807, 2.05) is 0 Å². The first-order valence-electron chi connectivity index (χ1n) is 6.76. The van der Waals surface area contributed by atoms with Crippen LogP contribution in [0.1, 0.15) is 27.2 Å². The van der Waals surface area contributed by atoms with Gasteiger partial charge in [0.15, 0.2) is 0 Å². The molecule has 0 aromatic heterocycles. The van der Waals surface area contributed by atoms with Crippen LogP contribution in [0.4, 0.5) is 18.0 Å². The molecule has 1 saturated heterocycles. The Balaban J connectivity index is 2.59. The molecule has 0 aromatic carbocycles. The quantitative estimate of drug-likeness (QED) is 0.835. The summed E-state index contributed by atoms with van der Waals surface area (Å²) in [7, 11) is 0. The van der Waals surface area contributed by atoms with E-state index in [-0.39, 0.29) is 25.3 Å². The minimum absolute atomic E-state index is 0.0196. The van der Waals surface area contributed by atoms with Gasteiger partial charge in [-0.2, -0.15) is 13.2 Å². The molecule has 1 fully saturated rings. The van der Waals surface area contributed by atoms with Gasteiger partial charge in [0, 0.05) is 26.1 Å². The number of carbonyl (C=O) groups excluding carboxylic acids is 3. The van der Waals surface area contributed by atoms with E-state index in [9.17, 15) is 27.6 Å². The third kappa shape index (κ3) is 5.53. The van der Waals surface area contributed by atoms with Crippen LogP contribution < -0.4 is 5.32 Å². The Kier molecular flexibility index (Phi) is 5.42. The molecule has 1 N–H and O–H groups in total. The zero-order chi connectivity index (χ0) is 17.1. The first kappa shape index (κ1) is 18.2. The number of Topliss-reactive ketones (excluding diaryl/α,β-unsaturated/α-hetero) is 1. The minimum Gasteiger partial charge on any atom is -0.444 e. The van der Waals surface area contributed by atoms with Gasteiger partial charge >= 0.3 is 18.2 Å². The maximum Gasteiger partial charge on any atom is 0.471 e. The summed E-state index contributed by atoms with van der Waals surface area (Å²) in [4.78, 5) is 35.6. The van der Waals surface area contributed by atoms with Crippen molar-refractivity contribution in [3.05, 3.63) is 0 Å². The Morgan fingerprint density at radius 2 is 1.91 bits per heavy atom. The molecule has 126 valence electrons. The van der Waals surface area contributed by atoms with Gasteiger partial charge in [0.2, 0.25) is 0 Å². The summed E-state index contributed by atoms with van der Waals surface area (Å²) < 4.78 is 41.5. The standard InChI is InChI=1S/C13H19F3N2O4/c1-12(2,3)22-11(21)18-5-4-9(19)8(7-18)6-17-10(20)13(14,15)16/h8H,4-7H2,1-3H3,(H,17,20). The largest absolute Gasteiger partial charge is 0.471 e. The van der Waals surface area contributed by atoms with Gasteiger partial charge in [-0.3, -0.25) is 9.59 Å². The summed E-state index contributed by atoms with van der Waals surface area (Å²) in [6.45, 7) is 4.66. The summed E-state index contributed by atoms with van der Waals surface area (Å²) in [6, 6.07) is 0. The second-order valence-electron chi connectivity index (χ2n) is 6.05. The van der Waals surface area contributed by atoms with Crippen molar-refractivity contribution in [2.24, 2.45) is 5.92 Å². The van der Waals surface area contributed by atoms with Crippen molar-refractivity contribution in [3.63, 3.8) is 0 Å². The maximum absolute atomic E-state index is 12.1. The second kappa shape index (κ2) is 6.53. The number of carbonyl (C=O) groups is 3. The lowest BCUT2D eigenvalue weighted by atomic mass is 9.96. The van der Waals surface area contributed by atoms with Crippen molar-refractivity contribution in [1.82, 2.24) is 10.2 Å². The van der Waals surface area contributed by atoms with Crippen LogP contribution in [0.3, 0.4) is 0 Å². The third-order valence-electron chi connectivity index (χ3n) is 2.94. The number of halogens is 3. The number of amides is 2. The number of likely N-dealkylation sites (tertiary alicyclic amines) is 1. The Labute approximate surface area is 126 Å². The van der Waals surface area contributed by atoms with Gasteiger partial charge in [0.1, 0.15) is 11.4 Å². The van der Waals surface area contributed by atoms with E-state index in [2.05, 4.69) is 0 Å². The molecule has 1 rings (SSSR count). The molecule has 0 saturated carbocycles. The molecule has 0 aromatic rings. The number of nitrogens with zero attached hydrogens (tertiary/aromatic N) is 1. The fraction of sp³-hybridized carbons (Fsp3) is 0.769. The van der Waals surface area contributed by atoms with Crippen LogP contribution in [0.25, 0.3) is 0 Å². The molecule has 1 aliphatic heterocycles. The van der Waals surface area contributed by atoms with Gasteiger partial charge in [0.05, 0.1) is 5.92 Å². The minimum atomic E-state index is -5.00. The third-order valence-corrected chi connectivity index (χ3v) is 2.94. The molecule has 22 heavy (non-hydrogen) atoms. The van der Waals surface area contributed by atoms with E-state index in [0.717, 1.165) is 0 Å². The van der Waals surface area contributed by atoms with Crippen LogP contribution in [0.15, 0.2) is 0 Å². The van der Waals surface area contributed by atoms with Crippen LogP contribution in [-0.4, -0.2) is 54.1 Å². The average Bonchev–Trinajstić information content (AvgIpc) is 2.34. The zero-order valence-corrected chi connectivity index (χ0v) is 12.6. The number of ether oxygens (including phenoxy) is 1. The summed E-state index contributed by atoms with van der Waals surface area (Å²) in [5, 5.41) is 1.67. The van der Waals surface area contributed by atoms with Gasteiger partial charge in [0.25, 0.3) is 0 Å². The van der Waals surface area contributed by atoms with E-state index in [0.29, 0.717) is 0 Å². The molecule has 0 radical (unpaired) electrons. The lowest BCUT2D eigenvalue weighted by Crippen LogP contribution is -2.50. The Hall–Kier alpha value is -1.80. The number of nitrogens with one attached hydrogen (secondary N) is 1. The number of ketones is 1. The van der Waals surface area contributed by atoms with E-state index < -0.39 is 36.2 Å². The van der Waals surface area contributed by atoms with Crippen LogP contribution in [0.2, 0.25) is 0 Å². The number of piperidine rings is 1. The van der Waals surface area contributed by atoms with Crippen molar-refractivity contribution in [2.45, 2.75) is 39.0 Å². The monoisotopic (exact) mass is 324 g/mol. The molecular weight excluding hydrogens is 305 g/mol. The predicted molar refractivity (Wildman–Crippen MR) is 70.0 cm³/mol. The molecular formula is C13H19F3N2O4. The van der Waals surface area contributed by atoms with Crippen molar-refractivity contribution < 1.29 is 32.3 Å². The maximum atomic E-state index is 12.1. The SMILES string of the molecule is CC(C)(C)OC(=O)N1CCC(=O)C(CNC(=O)C(F)(F)F)C1. The van der Waals surface area contributed by atoms with E-state index in [1.165, 1.54) is 4.90 Å². The topological polar surface area (TPSA) is 75.7 Å². The lowest BCUT2D eigenvalue weighted by molar-refractivity contribution is -0.173. The van der Waals surface area contributed by atoms with Gasteiger partial charge in [-0.15, -0.1) is 0 Å². The Bertz CT molecular complexity index is 457. The van der Waals surface area contributed by atoms with Crippen LogP contribution in [0.5, 0.6) is 0 Å². The first-order chi connectivity index (χ1) is 9.90. The summed E-state index contributed by atoms with van der Waals surface area (Å²) in [6.07, 6.45) is -5.61. The molecule has 1 atom stereocenters. The highest BCUT2D eigenvalue weighted by molar-refractivity contribution is 5.86. The van der Waals surface area contributed by atoms with Gasteiger partial charge in [-0.1, -0.05) is 0 Å². The predicted octanol–water partition coefficient (Wildman–Crippen LogP) is 1.49. The summed E-state index contributed by atoms with van der Waals surface area (Å²) >= 11 is 0. The van der Waals surface area contributed by atoms with Gasteiger partial charge < -0.3 is 15.0 Å². The number of hydrogen-bond donors (Lipinski definition) is 1. The van der Waals surface area contributed by atoms with Crippen LogP contribution in [0, 0.1) is 5.92 Å². The smallest absolute Gasteiger partial charge is 0.444 e. The molecule has 1 heterocycles. The molecule has 0 aliphatic carbocycles. The summed E-state index contributed by atoms with van der Waals surface area (Å²) in [5.41, 5.74) is -0.710. The van der Waals surface area contributed by atoms with E-state index in [1.54, 1.807) is 26.1 Å². The Morgan fingerprint density at radius 1 is 1.32 bits per heavy atom. The molecule has 0 bridgehead atoms.